The fraction of sp³-hybridized carbons (Fsp3) is 0.412. The molecule has 2 aromatic rings. The van der Waals surface area contributed by atoms with Crippen LogP contribution in [0.4, 0.5) is 10.7 Å². The van der Waals surface area contributed by atoms with Gasteiger partial charge in [-0.05, 0) is 12.5 Å². The van der Waals surface area contributed by atoms with E-state index in [1.54, 1.807) is 19.4 Å². The first-order valence-electron chi connectivity index (χ1n) is 7.95. The van der Waals surface area contributed by atoms with Gasteiger partial charge in [0.05, 0.1) is 24.8 Å². The fourth-order valence-electron chi connectivity index (χ4n) is 2.97. The molecule has 3 N–H and O–H groups in total. The van der Waals surface area contributed by atoms with Crippen molar-refractivity contribution in [1.82, 2.24) is 4.98 Å². The van der Waals surface area contributed by atoms with Gasteiger partial charge in [0.1, 0.15) is 10.6 Å². The molecule has 1 aliphatic heterocycles. The lowest BCUT2D eigenvalue weighted by Gasteiger charge is -2.17. The zero-order valence-electron chi connectivity index (χ0n) is 14.2. The number of nitrogens with zero attached hydrogens (tertiary/aromatic N) is 2. The molecule has 2 aromatic heterocycles. The van der Waals surface area contributed by atoms with E-state index in [2.05, 4.69) is 9.88 Å². The second kappa shape index (κ2) is 7.28. The second-order valence-electron chi connectivity index (χ2n) is 5.89. The maximum atomic E-state index is 12.3. The minimum atomic E-state index is -0.455. The minimum absolute atomic E-state index is 0.139. The molecule has 134 valence electrons. The van der Waals surface area contributed by atoms with E-state index in [0.29, 0.717) is 23.7 Å². The summed E-state index contributed by atoms with van der Waals surface area (Å²) < 4.78 is 10.0. The van der Waals surface area contributed by atoms with Gasteiger partial charge in [0.25, 0.3) is 0 Å². The van der Waals surface area contributed by atoms with Gasteiger partial charge in [-0.1, -0.05) is 0 Å². The van der Waals surface area contributed by atoms with E-state index in [4.69, 9.17) is 15.2 Å². The number of aromatic nitrogens is 1. The van der Waals surface area contributed by atoms with Crippen LogP contribution in [-0.4, -0.2) is 50.0 Å². The molecule has 0 aromatic carbocycles. The molecule has 0 bridgehead atoms. The number of anilines is 2. The number of nitrogen functional groups attached to an aromatic ring is 1. The van der Waals surface area contributed by atoms with E-state index in [1.807, 2.05) is 6.07 Å². The summed E-state index contributed by atoms with van der Waals surface area (Å²) in [6, 6.07) is 3.61. The van der Waals surface area contributed by atoms with Crippen LogP contribution in [0.5, 0.6) is 5.88 Å². The third kappa shape index (κ3) is 3.27. The highest BCUT2D eigenvalue weighted by atomic mass is 32.1. The van der Waals surface area contributed by atoms with E-state index in [9.17, 15) is 9.90 Å². The number of methoxy groups -OCH3 is 2. The third-order valence-corrected chi connectivity index (χ3v) is 5.67. The zero-order valence-corrected chi connectivity index (χ0v) is 15.0. The molecule has 25 heavy (non-hydrogen) atoms. The van der Waals surface area contributed by atoms with Crippen LogP contribution in [0.1, 0.15) is 16.8 Å². The Balaban J connectivity index is 2.03. The SMILES string of the molecule is COC(=O)c1c(N2CCC(CO)C2)sc(-c2ccc(OC)nc2)c1N. The summed E-state index contributed by atoms with van der Waals surface area (Å²) in [7, 11) is 2.90. The van der Waals surface area contributed by atoms with E-state index in [1.165, 1.54) is 18.4 Å². The van der Waals surface area contributed by atoms with Crippen molar-refractivity contribution >= 4 is 28.0 Å². The van der Waals surface area contributed by atoms with Crippen molar-refractivity contribution in [3.63, 3.8) is 0 Å². The van der Waals surface area contributed by atoms with E-state index < -0.39 is 5.97 Å². The maximum Gasteiger partial charge on any atom is 0.343 e. The quantitative estimate of drug-likeness (QED) is 0.784. The number of pyridine rings is 1. The van der Waals surface area contributed by atoms with E-state index in [0.717, 1.165) is 28.4 Å². The van der Waals surface area contributed by atoms with Crippen LogP contribution in [0.15, 0.2) is 18.3 Å². The highest BCUT2D eigenvalue weighted by Gasteiger charge is 2.31. The van der Waals surface area contributed by atoms with Gasteiger partial charge in [0.2, 0.25) is 5.88 Å². The van der Waals surface area contributed by atoms with Crippen LogP contribution in [-0.2, 0) is 4.74 Å². The van der Waals surface area contributed by atoms with Crippen LogP contribution in [0.2, 0.25) is 0 Å². The molecule has 0 spiro atoms. The molecule has 0 saturated carbocycles. The van der Waals surface area contributed by atoms with Crippen molar-refractivity contribution in [2.24, 2.45) is 5.92 Å². The molecule has 8 heteroatoms. The molecule has 0 aliphatic carbocycles. The van der Waals surface area contributed by atoms with Gasteiger partial charge >= 0.3 is 5.97 Å². The van der Waals surface area contributed by atoms with Crippen LogP contribution < -0.4 is 15.4 Å². The molecule has 1 aliphatic rings. The van der Waals surface area contributed by atoms with Crippen LogP contribution in [0.25, 0.3) is 10.4 Å². The summed E-state index contributed by atoms with van der Waals surface area (Å²) in [5.74, 6) is 0.265. The van der Waals surface area contributed by atoms with Crippen molar-refractivity contribution in [2.45, 2.75) is 6.42 Å². The lowest BCUT2D eigenvalue weighted by molar-refractivity contribution is 0.0603. The van der Waals surface area contributed by atoms with Gasteiger partial charge in [0.15, 0.2) is 0 Å². The summed E-state index contributed by atoms with van der Waals surface area (Å²) in [4.78, 5) is 19.4. The molecule has 1 atom stereocenters. The molecule has 1 unspecified atom stereocenters. The summed E-state index contributed by atoms with van der Waals surface area (Å²) in [6.45, 7) is 1.61. The number of hydrogen-bond acceptors (Lipinski definition) is 8. The summed E-state index contributed by atoms with van der Waals surface area (Å²) in [5.41, 5.74) is 7.89. The Hall–Kier alpha value is -2.32. The average molecular weight is 363 g/mol. The van der Waals surface area contributed by atoms with Crippen molar-refractivity contribution in [3.8, 4) is 16.3 Å². The van der Waals surface area contributed by atoms with E-state index >= 15 is 0 Å². The van der Waals surface area contributed by atoms with Crippen molar-refractivity contribution in [2.75, 3.05) is 44.5 Å². The number of carbonyl (C=O) groups excluding carboxylic acids is 1. The number of esters is 1. The molecule has 0 amide bonds. The Morgan fingerprint density at radius 1 is 1.48 bits per heavy atom. The normalized spacial score (nSPS) is 16.9. The van der Waals surface area contributed by atoms with Gasteiger partial charge in [0, 0.05) is 43.4 Å². The predicted octanol–water partition coefficient (Wildman–Crippen LogP) is 2.01. The third-order valence-electron chi connectivity index (χ3n) is 4.36. The molecule has 0 radical (unpaired) electrons. The molecular formula is C17H21N3O4S. The Morgan fingerprint density at radius 3 is 2.84 bits per heavy atom. The lowest BCUT2D eigenvalue weighted by atomic mass is 10.1. The molecule has 3 rings (SSSR count). The number of aliphatic hydroxyl groups excluding tert-OH is 1. The minimum Gasteiger partial charge on any atom is -0.481 e. The molecule has 7 nitrogen and oxygen atoms in total. The zero-order chi connectivity index (χ0) is 18.0. The number of rotatable bonds is 5. The smallest absolute Gasteiger partial charge is 0.343 e. The monoisotopic (exact) mass is 363 g/mol. The van der Waals surface area contributed by atoms with E-state index in [-0.39, 0.29) is 12.5 Å². The average Bonchev–Trinajstić information content (AvgIpc) is 3.25. The van der Waals surface area contributed by atoms with Gasteiger partial charge in [-0.3, -0.25) is 0 Å². The number of hydrogen-bond donors (Lipinski definition) is 2. The van der Waals surface area contributed by atoms with Crippen LogP contribution >= 0.6 is 11.3 Å². The number of nitrogens with two attached hydrogens (primary N) is 1. The number of aliphatic hydroxyl groups is 1. The van der Waals surface area contributed by atoms with Gasteiger partial charge in [-0.25, -0.2) is 9.78 Å². The van der Waals surface area contributed by atoms with Gasteiger partial charge < -0.3 is 25.2 Å². The van der Waals surface area contributed by atoms with Crippen molar-refractivity contribution < 1.29 is 19.4 Å². The van der Waals surface area contributed by atoms with Gasteiger partial charge in [-0.2, -0.15) is 0 Å². The highest BCUT2D eigenvalue weighted by Crippen LogP contribution is 2.45. The maximum absolute atomic E-state index is 12.3. The number of ether oxygens (including phenoxy) is 2. The van der Waals surface area contributed by atoms with Crippen LogP contribution in [0.3, 0.4) is 0 Å². The Kier molecular flexibility index (Phi) is 5.10. The van der Waals surface area contributed by atoms with Crippen molar-refractivity contribution in [3.05, 3.63) is 23.9 Å². The Labute approximate surface area is 150 Å². The second-order valence-corrected chi connectivity index (χ2v) is 6.89. The summed E-state index contributed by atoms with van der Waals surface area (Å²) in [6.07, 6.45) is 2.56. The lowest BCUT2D eigenvalue weighted by Crippen LogP contribution is -2.22. The molecule has 3 heterocycles. The highest BCUT2D eigenvalue weighted by molar-refractivity contribution is 7.20. The first kappa shape index (κ1) is 17.5. The molecular weight excluding hydrogens is 342 g/mol. The fourth-order valence-corrected chi connectivity index (χ4v) is 4.20. The van der Waals surface area contributed by atoms with Crippen molar-refractivity contribution in [1.29, 1.82) is 0 Å². The van der Waals surface area contributed by atoms with Crippen LogP contribution in [0, 0.1) is 5.92 Å². The first-order valence-corrected chi connectivity index (χ1v) is 8.77. The predicted molar refractivity (Wildman–Crippen MR) is 97.3 cm³/mol. The number of carbonyl (C=O) groups is 1. The molecule has 1 saturated heterocycles. The largest absolute Gasteiger partial charge is 0.481 e. The summed E-state index contributed by atoms with van der Waals surface area (Å²) in [5, 5.41) is 10.2. The standard InChI is InChI=1S/C17H21N3O4S/c1-23-12-4-3-11(7-19-12)15-14(18)13(17(22)24-2)16(25-15)20-6-5-10(8-20)9-21/h3-4,7,10,21H,5-6,8-9,18H2,1-2H3. The Morgan fingerprint density at radius 2 is 2.28 bits per heavy atom. The van der Waals surface area contributed by atoms with Gasteiger partial charge in [-0.15, -0.1) is 11.3 Å². The Bertz CT molecular complexity index is 760. The number of thiophene rings is 1. The molecule has 1 fully saturated rings. The topological polar surface area (TPSA) is 97.9 Å². The summed E-state index contributed by atoms with van der Waals surface area (Å²) >= 11 is 1.44. The first-order chi connectivity index (χ1) is 12.1.